The van der Waals surface area contributed by atoms with Gasteiger partial charge in [-0.25, -0.2) is 0 Å². The Morgan fingerprint density at radius 1 is 0.699 bits per heavy atom. The maximum Gasteiger partial charge on any atom is 0.0637 e. The van der Waals surface area contributed by atoms with Crippen LogP contribution in [-0.2, 0) is 11.8 Å². The third-order valence-electron chi connectivity index (χ3n) is 13.1. The number of benzene rings is 5. The minimum Gasteiger partial charge on any atom is -0.361 e. The molecule has 0 saturated heterocycles. The first-order chi connectivity index (χ1) is 35.8. The number of rotatable bonds is 11. The second kappa shape index (κ2) is 29.1. The summed E-state index contributed by atoms with van der Waals surface area (Å²) in [4.78, 5) is 4.77. The van der Waals surface area contributed by atoms with Gasteiger partial charge in [0.15, 0.2) is 0 Å². The van der Waals surface area contributed by atoms with E-state index in [1.807, 2.05) is 84.2 Å². The van der Waals surface area contributed by atoms with Crippen LogP contribution < -0.4 is 5.32 Å². The van der Waals surface area contributed by atoms with Crippen molar-refractivity contribution in [1.29, 1.82) is 0 Å². The van der Waals surface area contributed by atoms with Gasteiger partial charge in [-0.05, 0) is 150 Å². The molecule has 5 aromatic carbocycles. The zero-order valence-corrected chi connectivity index (χ0v) is 45.5. The number of hydrogen-bond acceptors (Lipinski definition) is 2. The van der Waals surface area contributed by atoms with E-state index in [0.29, 0.717) is 0 Å². The minimum absolute atomic E-state index is 0.0825. The number of nitrogens with one attached hydrogen (secondary N) is 1. The van der Waals surface area contributed by atoms with Crippen molar-refractivity contribution in [3.05, 3.63) is 258 Å². The van der Waals surface area contributed by atoms with Gasteiger partial charge in [-0.2, -0.15) is 0 Å². The van der Waals surface area contributed by atoms with E-state index in [-0.39, 0.29) is 5.41 Å². The number of fused-ring (bicyclic) bond motifs is 5. The van der Waals surface area contributed by atoms with Crippen molar-refractivity contribution in [2.45, 2.75) is 113 Å². The molecule has 1 aromatic heterocycles. The maximum absolute atomic E-state index is 4.77. The average Bonchev–Trinajstić information content (AvgIpc) is 3.87. The first kappa shape index (κ1) is 56.4. The Kier molecular flexibility index (Phi) is 22.5. The predicted molar refractivity (Wildman–Crippen MR) is 326 cm³/mol. The molecule has 0 aliphatic heterocycles. The van der Waals surface area contributed by atoms with Crippen molar-refractivity contribution in [1.82, 2.24) is 9.88 Å². The van der Waals surface area contributed by atoms with Gasteiger partial charge in [0.05, 0.1) is 16.7 Å². The molecule has 0 spiro atoms. The largest absolute Gasteiger partial charge is 0.361 e. The predicted octanol–water partition coefficient (Wildman–Crippen LogP) is 20.3. The highest BCUT2D eigenvalue weighted by Crippen LogP contribution is 2.49. The zero-order chi connectivity index (χ0) is 52.6. The lowest BCUT2D eigenvalue weighted by molar-refractivity contribution is 0.656. The summed E-state index contributed by atoms with van der Waals surface area (Å²) in [6, 6.07) is 42.9. The molecule has 0 amide bonds. The van der Waals surface area contributed by atoms with Crippen molar-refractivity contribution in [3.8, 4) is 0 Å². The number of aromatic nitrogens is 1. The van der Waals surface area contributed by atoms with E-state index in [1.54, 1.807) is 6.08 Å². The Bertz CT molecular complexity index is 3090. The van der Waals surface area contributed by atoms with Crippen molar-refractivity contribution < 1.29 is 0 Å². The molecule has 0 atom stereocenters. The third kappa shape index (κ3) is 14.4. The lowest BCUT2D eigenvalue weighted by Crippen LogP contribution is -2.17. The molecule has 0 saturated carbocycles. The molecule has 3 nitrogen and oxygen atoms in total. The number of aliphatic imine (C=N–C) groups is 1. The summed E-state index contributed by atoms with van der Waals surface area (Å²) in [5.41, 5.74) is 18.6. The van der Waals surface area contributed by atoms with Crippen molar-refractivity contribution in [2.24, 2.45) is 4.99 Å². The molecule has 0 fully saturated rings. The van der Waals surface area contributed by atoms with E-state index in [4.69, 9.17) is 4.99 Å². The topological polar surface area (TPSA) is 29.3 Å². The van der Waals surface area contributed by atoms with E-state index >= 15 is 0 Å². The van der Waals surface area contributed by atoms with Crippen molar-refractivity contribution in [2.75, 3.05) is 0 Å². The van der Waals surface area contributed by atoms with Gasteiger partial charge in [0, 0.05) is 40.0 Å². The first-order valence-corrected chi connectivity index (χ1v) is 26.8. The van der Waals surface area contributed by atoms with Gasteiger partial charge < -0.3 is 9.88 Å². The lowest BCUT2D eigenvalue weighted by atomic mass is 9.82. The highest BCUT2D eigenvalue weighted by Gasteiger charge is 2.37. The fourth-order valence-corrected chi connectivity index (χ4v) is 9.67. The third-order valence-corrected chi connectivity index (χ3v) is 13.1. The Labute approximate surface area is 440 Å². The second-order valence-corrected chi connectivity index (χ2v) is 18.0. The van der Waals surface area contributed by atoms with Crippen LogP contribution in [0.4, 0.5) is 5.69 Å². The second-order valence-electron chi connectivity index (χ2n) is 18.0. The number of nitrogens with zero attached hydrogens (tertiary/aromatic N) is 2. The maximum atomic E-state index is 4.77. The summed E-state index contributed by atoms with van der Waals surface area (Å²) in [7, 11) is 0. The van der Waals surface area contributed by atoms with Crippen LogP contribution in [0.15, 0.2) is 235 Å². The van der Waals surface area contributed by atoms with Crippen LogP contribution in [0.25, 0.3) is 45.2 Å². The van der Waals surface area contributed by atoms with E-state index in [9.17, 15) is 0 Å². The first-order valence-electron chi connectivity index (χ1n) is 26.8. The number of hydrogen-bond donors (Lipinski definition) is 1. The van der Waals surface area contributed by atoms with E-state index in [1.165, 1.54) is 96.9 Å². The Morgan fingerprint density at radius 3 is 2.19 bits per heavy atom. The molecule has 0 bridgehead atoms. The molecule has 73 heavy (non-hydrogen) atoms. The Balaban J connectivity index is 0.000000257. The SMILES string of the molecule is C=C/C=C1\C(=C/N/C(C=Cc2ccccc2)=C/C=C)C(C)(C)c2ccccc21.C=C1CCCCC/C=C1/C(C)=C/C=C\C=Nc1ccc2c(c1)c1ccccc1n2C1=Cc2ccccc2CC1.CC.CC.CC. The van der Waals surface area contributed by atoms with Crippen LogP contribution in [0.2, 0.25) is 0 Å². The van der Waals surface area contributed by atoms with Gasteiger partial charge in [-0.3, -0.25) is 4.99 Å². The summed E-state index contributed by atoms with van der Waals surface area (Å²) >= 11 is 0. The monoisotopic (exact) mass is 964 g/mol. The summed E-state index contributed by atoms with van der Waals surface area (Å²) in [6.07, 6.45) is 35.1. The molecule has 3 heteroatoms. The minimum atomic E-state index is -0.0825. The van der Waals surface area contributed by atoms with Crippen LogP contribution in [-0.4, -0.2) is 10.8 Å². The molecule has 3 aliphatic carbocycles. The standard InChI is InChI=1S/C37H36N2.C27H27N.3C2H6/c1-27-13-5-3-4-6-17-33(27)28(2)14-11-12-24-38-31-21-23-37-35(26-31)34-18-9-10-19-36(34)39(37)32-22-20-29-15-7-8-16-30(29)25-32;1-5-12-22(19-18-21-14-8-7-9-15-21)28-20-26-23(13-6-2)24-16-10-11-17-25(24)27(26,3)4;3*1-2/h7-12,14-19,21,23-26H,1,3-6,13,20,22H2,2H3;5-20,28H,1-2H2,3-4H3;3*1-2H3/b12-11-,28-14+,33-17+,38-24?;19-18?,22-12+,23-13-,26-20+;;;. The Hall–Kier alpha value is -7.49. The molecule has 0 radical (unpaired) electrons. The molecule has 9 rings (SSSR count). The quantitative estimate of drug-likeness (QED) is 0.102. The molecular formula is C70H81N3. The Morgan fingerprint density at radius 2 is 1.41 bits per heavy atom. The average molecular weight is 964 g/mol. The van der Waals surface area contributed by atoms with Gasteiger partial charge in [0.25, 0.3) is 0 Å². The van der Waals surface area contributed by atoms with Crippen LogP contribution in [0, 0.1) is 0 Å². The molecule has 3 aliphatic rings. The van der Waals surface area contributed by atoms with E-state index < -0.39 is 0 Å². The summed E-state index contributed by atoms with van der Waals surface area (Å²) in [5, 5.41) is 5.99. The molecule has 1 N–H and O–H groups in total. The zero-order valence-electron chi connectivity index (χ0n) is 45.5. The number of allylic oxidation sites excluding steroid dienone is 15. The van der Waals surface area contributed by atoms with E-state index in [2.05, 4.69) is 202 Å². The van der Waals surface area contributed by atoms with Crippen LogP contribution in [0.3, 0.4) is 0 Å². The molecule has 376 valence electrons. The highest BCUT2D eigenvalue weighted by atomic mass is 15.0. The highest BCUT2D eigenvalue weighted by molar-refractivity contribution is 6.11. The fraction of sp³-hybridized carbons (Fsp3) is 0.243. The normalized spacial score (nSPS) is 17.1. The summed E-state index contributed by atoms with van der Waals surface area (Å²) in [5.74, 6) is 0. The number of para-hydroxylation sites is 1. The van der Waals surface area contributed by atoms with Gasteiger partial charge in [-0.15, -0.1) is 0 Å². The van der Waals surface area contributed by atoms with Gasteiger partial charge in [0.2, 0.25) is 0 Å². The molecule has 1 heterocycles. The van der Waals surface area contributed by atoms with Crippen LogP contribution in [0.5, 0.6) is 0 Å². The van der Waals surface area contributed by atoms with Gasteiger partial charge in [-0.1, -0.05) is 221 Å². The van der Waals surface area contributed by atoms with Gasteiger partial charge in [0.1, 0.15) is 0 Å². The van der Waals surface area contributed by atoms with Crippen molar-refractivity contribution >= 4 is 57.1 Å². The van der Waals surface area contributed by atoms with Gasteiger partial charge >= 0.3 is 0 Å². The fourth-order valence-electron chi connectivity index (χ4n) is 9.67. The molecular weight excluding hydrogens is 883 g/mol. The molecule has 0 unspecified atom stereocenters. The van der Waals surface area contributed by atoms with Crippen molar-refractivity contribution in [3.63, 3.8) is 0 Å². The van der Waals surface area contributed by atoms with Crippen LogP contribution in [0.1, 0.15) is 129 Å². The summed E-state index contributed by atoms with van der Waals surface area (Å²) in [6.45, 7) is 30.8. The van der Waals surface area contributed by atoms with Crippen LogP contribution >= 0.6 is 0 Å². The number of aryl methyl sites for hydroxylation is 1. The lowest BCUT2D eigenvalue weighted by Gasteiger charge is -2.22. The summed E-state index contributed by atoms with van der Waals surface area (Å²) < 4.78 is 2.44. The smallest absolute Gasteiger partial charge is 0.0637 e. The van der Waals surface area contributed by atoms with E-state index in [0.717, 1.165) is 42.6 Å². The molecule has 6 aromatic rings.